The van der Waals surface area contributed by atoms with Gasteiger partial charge in [-0.25, -0.2) is 0 Å². The van der Waals surface area contributed by atoms with Gasteiger partial charge in [-0.3, -0.25) is 9.59 Å². The molecule has 0 unspecified atom stereocenters. The summed E-state index contributed by atoms with van der Waals surface area (Å²) in [5, 5.41) is 10.1. The van der Waals surface area contributed by atoms with E-state index in [1.807, 2.05) is 0 Å². The molecule has 1 aromatic rings. The van der Waals surface area contributed by atoms with Gasteiger partial charge in [-0.05, 0) is 13.0 Å². The highest BCUT2D eigenvalue weighted by Gasteiger charge is 2.59. The van der Waals surface area contributed by atoms with E-state index < -0.39 is 22.7 Å². The van der Waals surface area contributed by atoms with Crippen molar-refractivity contribution in [2.75, 3.05) is 11.4 Å². The number of benzene rings is 1. The Morgan fingerprint density at radius 1 is 1.50 bits per heavy atom. The van der Waals surface area contributed by atoms with E-state index >= 15 is 0 Å². The summed E-state index contributed by atoms with van der Waals surface area (Å²) in [5.74, 6) is -1.14. The number of hydrogen-bond donors (Lipinski definition) is 2. The van der Waals surface area contributed by atoms with Crippen LogP contribution in [0.25, 0.3) is 0 Å². The maximum atomic E-state index is 12.8. The molecular weight excluding hydrogens is 302 g/mol. The van der Waals surface area contributed by atoms with Crippen molar-refractivity contribution in [1.82, 2.24) is 0 Å². The second kappa shape index (κ2) is 4.96. The molecule has 1 aromatic carbocycles. The molecule has 2 aliphatic heterocycles. The molecule has 2 aliphatic rings. The largest absolute Gasteiger partial charge is 0.378 e. The van der Waals surface area contributed by atoms with Crippen molar-refractivity contribution >= 4 is 34.4 Å². The summed E-state index contributed by atoms with van der Waals surface area (Å²) in [6.45, 7) is 5.88. The van der Waals surface area contributed by atoms with E-state index in [1.54, 1.807) is 31.2 Å². The topological polar surface area (TPSA) is 96.0 Å². The number of fused-ring (bicyclic) bond motifs is 1. The molecule has 0 aromatic heterocycles. The van der Waals surface area contributed by atoms with Gasteiger partial charge in [0.1, 0.15) is 5.25 Å². The number of hydrogen-bond acceptors (Lipinski definition) is 5. The monoisotopic (exact) mass is 317 g/mol. The molecule has 3 rings (SSSR count). The second-order valence-electron chi connectivity index (χ2n) is 5.42. The molecule has 0 spiro atoms. The lowest BCUT2D eigenvalue weighted by Gasteiger charge is -2.26. The molecule has 0 bridgehead atoms. The van der Waals surface area contributed by atoms with Gasteiger partial charge in [0.25, 0.3) is 11.8 Å². The van der Waals surface area contributed by atoms with Gasteiger partial charge in [0.15, 0.2) is 10.8 Å². The van der Waals surface area contributed by atoms with Gasteiger partial charge in [-0.1, -0.05) is 42.1 Å². The normalized spacial score (nSPS) is 27.1. The second-order valence-corrected chi connectivity index (χ2v) is 6.54. The molecule has 0 saturated heterocycles. The number of carbonyl (C=O) groups is 2. The first-order chi connectivity index (χ1) is 10.4. The zero-order chi connectivity index (χ0) is 16.1. The van der Waals surface area contributed by atoms with Crippen LogP contribution in [0.1, 0.15) is 12.5 Å². The van der Waals surface area contributed by atoms with E-state index in [2.05, 4.69) is 11.6 Å². The molecule has 2 heterocycles. The number of para-hydroxylation sites is 1. The van der Waals surface area contributed by atoms with Crippen LogP contribution in [-0.2, 0) is 15.2 Å². The molecule has 3 N–H and O–H groups in total. The number of anilines is 1. The van der Waals surface area contributed by atoms with E-state index in [9.17, 15) is 14.7 Å². The van der Waals surface area contributed by atoms with Crippen LogP contribution < -0.4 is 10.6 Å². The summed E-state index contributed by atoms with van der Waals surface area (Å²) < 4.78 is 0. The fourth-order valence-electron chi connectivity index (χ4n) is 2.77. The highest BCUT2D eigenvalue weighted by atomic mass is 32.2. The zero-order valence-electron chi connectivity index (χ0n) is 11.9. The Labute approximate surface area is 131 Å². The first-order valence-corrected chi connectivity index (χ1v) is 7.56. The summed E-state index contributed by atoms with van der Waals surface area (Å²) in [5.41, 5.74) is 5.36. The first kappa shape index (κ1) is 14.8. The molecule has 0 saturated carbocycles. The predicted molar refractivity (Wildman–Crippen MR) is 85.5 cm³/mol. The van der Waals surface area contributed by atoms with Gasteiger partial charge in [0, 0.05) is 12.1 Å². The molecule has 114 valence electrons. The number of amidine groups is 1. The van der Waals surface area contributed by atoms with Crippen LogP contribution in [0.4, 0.5) is 5.69 Å². The smallest absolute Gasteiger partial charge is 0.265 e. The van der Waals surface area contributed by atoms with Crippen molar-refractivity contribution < 1.29 is 14.7 Å². The van der Waals surface area contributed by atoms with Gasteiger partial charge < -0.3 is 15.7 Å². The third kappa shape index (κ3) is 1.97. The third-order valence-corrected chi connectivity index (χ3v) is 4.78. The summed E-state index contributed by atoms with van der Waals surface area (Å²) in [6, 6.07) is 6.88. The Morgan fingerprint density at radius 3 is 2.77 bits per heavy atom. The van der Waals surface area contributed by atoms with Gasteiger partial charge >= 0.3 is 0 Å². The minimum absolute atomic E-state index is 0.0621. The Bertz CT molecular complexity index is 730. The highest BCUT2D eigenvalue weighted by molar-refractivity contribution is 8.15. The number of nitrogens with zero attached hydrogens (tertiary/aromatic N) is 2. The number of nitrogens with two attached hydrogens (primary N) is 1. The number of rotatable bonds is 3. The van der Waals surface area contributed by atoms with Crippen LogP contribution in [0.3, 0.4) is 0 Å². The fourth-order valence-corrected chi connectivity index (χ4v) is 3.71. The zero-order valence-corrected chi connectivity index (χ0v) is 12.8. The van der Waals surface area contributed by atoms with E-state index in [4.69, 9.17) is 5.73 Å². The standard InChI is InChI=1S/C15H15N3O3S/c1-8(2)7-18-10-6-4-3-5-9(10)15(21,13(18)20)11-12(19)17-14(16)22-11/h3-6,11,21H,1,7H2,2H3,(H2,16,17,19)/t11-,15+/m1/s1. The summed E-state index contributed by atoms with van der Waals surface area (Å²) in [7, 11) is 0. The molecule has 2 atom stereocenters. The Balaban J connectivity index is 2.11. The minimum Gasteiger partial charge on any atom is -0.378 e. The number of carbonyl (C=O) groups excluding carboxylic acids is 2. The maximum absolute atomic E-state index is 12.8. The minimum atomic E-state index is -1.96. The summed E-state index contributed by atoms with van der Waals surface area (Å²) >= 11 is 0.916. The first-order valence-electron chi connectivity index (χ1n) is 6.68. The van der Waals surface area contributed by atoms with Crippen molar-refractivity contribution in [2.24, 2.45) is 10.7 Å². The van der Waals surface area contributed by atoms with Crippen LogP contribution in [-0.4, -0.2) is 33.9 Å². The fraction of sp³-hybridized carbons (Fsp3) is 0.267. The maximum Gasteiger partial charge on any atom is 0.265 e. The molecule has 7 heteroatoms. The van der Waals surface area contributed by atoms with Crippen molar-refractivity contribution in [3.63, 3.8) is 0 Å². The number of aliphatic hydroxyl groups is 1. The molecular formula is C15H15N3O3S. The van der Waals surface area contributed by atoms with Crippen LogP contribution in [0, 0.1) is 0 Å². The van der Waals surface area contributed by atoms with Crippen LogP contribution in [0.5, 0.6) is 0 Å². The molecule has 2 amide bonds. The Kier molecular flexibility index (Phi) is 3.34. The van der Waals surface area contributed by atoms with Gasteiger partial charge in [-0.15, -0.1) is 0 Å². The van der Waals surface area contributed by atoms with Crippen LogP contribution in [0.2, 0.25) is 0 Å². The van der Waals surface area contributed by atoms with Crippen molar-refractivity contribution in [3.05, 3.63) is 42.0 Å². The Hall–Kier alpha value is -2.12. The lowest BCUT2D eigenvalue weighted by molar-refractivity contribution is -0.140. The molecule has 0 fully saturated rings. The highest BCUT2D eigenvalue weighted by Crippen LogP contribution is 2.47. The average molecular weight is 317 g/mol. The van der Waals surface area contributed by atoms with Gasteiger partial charge in [0.2, 0.25) is 0 Å². The van der Waals surface area contributed by atoms with Crippen molar-refractivity contribution in [1.29, 1.82) is 0 Å². The van der Waals surface area contributed by atoms with E-state index in [0.29, 0.717) is 11.3 Å². The molecule has 0 aliphatic carbocycles. The van der Waals surface area contributed by atoms with Crippen LogP contribution in [0.15, 0.2) is 41.4 Å². The summed E-state index contributed by atoms with van der Waals surface area (Å²) in [6.07, 6.45) is 0. The quantitative estimate of drug-likeness (QED) is 0.802. The van der Waals surface area contributed by atoms with Gasteiger partial charge in [0.05, 0.1) is 5.69 Å². The van der Waals surface area contributed by atoms with Crippen molar-refractivity contribution in [3.8, 4) is 0 Å². The lowest BCUT2D eigenvalue weighted by Crippen LogP contribution is -2.49. The van der Waals surface area contributed by atoms with Crippen LogP contribution >= 0.6 is 11.8 Å². The summed E-state index contributed by atoms with van der Waals surface area (Å²) in [4.78, 5) is 29.9. The lowest BCUT2D eigenvalue weighted by atomic mass is 9.91. The number of amides is 2. The Morgan fingerprint density at radius 2 is 2.18 bits per heavy atom. The number of thioether (sulfide) groups is 1. The van der Waals surface area contributed by atoms with E-state index in [1.165, 1.54) is 4.90 Å². The molecule has 0 radical (unpaired) electrons. The average Bonchev–Trinajstić information content (AvgIpc) is 2.91. The van der Waals surface area contributed by atoms with E-state index in [-0.39, 0.29) is 11.7 Å². The van der Waals surface area contributed by atoms with Gasteiger partial charge in [-0.2, -0.15) is 4.99 Å². The molecule has 22 heavy (non-hydrogen) atoms. The number of aliphatic imine (C=N–C) groups is 1. The van der Waals surface area contributed by atoms with E-state index in [0.717, 1.165) is 17.3 Å². The third-order valence-electron chi connectivity index (χ3n) is 3.67. The molecule has 6 nitrogen and oxygen atoms in total. The predicted octanol–water partition coefficient (Wildman–Crippen LogP) is 0.754. The SMILES string of the molecule is C=C(C)CN1C(=O)[C@@](O)([C@@H]2SC(N)=NC2=O)c2ccccc21. The van der Waals surface area contributed by atoms with Crippen molar-refractivity contribution in [2.45, 2.75) is 17.8 Å².